The molecule has 4 heteroatoms. The predicted octanol–water partition coefficient (Wildman–Crippen LogP) is 3.81. The minimum absolute atomic E-state index is 0.259. The van der Waals surface area contributed by atoms with E-state index in [1.54, 1.807) is 0 Å². The van der Waals surface area contributed by atoms with E-state index in [1.165, 1.54) is 20.5 Å². The summed E-state index contributed by atoms with van der Waals surface area (Å²) in [5.74, 6) is 0. The fourth-order valence-electron chi connectivity index (χ4n) is 2.30. The van der Waals surface area contributed by atoms with Gasteiger partial charge in [0.05, 0.1) is 11.7 Å². The number of halogens is 1. The summed E-state index contributed by atoms with van der Waals surface area (Å²) in [6.45, 7) is 6.36. The molecular weight excluding hydrogens is 337 g/mol. The summed E-state index contributed by atoms with van der Waals surface area (Å²) in [5, 5.41) is 8.03. The maximum absolute atomic E-state index is 4.47. The van der Waals surface area contributed by atoms with Crippen LogP contribution in [0.3, 0.4) is 0 Å². The molecule has 1 aromatic heterocycles. The molecule has 1 aromatic carbocycles. The second kappa shape index (κ2) is 5.30. The van der Waals surface area contributed by atoms with Gasteiger partial charge in [0, 0.05) is 27.6 Å². The van der Waals surface area contributed by atoms with Gasteiger partial charge in [-0.2, -0.15) is 5.10 Å². The molecule has 1 heterocycles. The van der Waals surface area contributed by atoms with Crippen molar-refractivity contribution >= 4 is 28.3 Å². The number of hydrogen-bond acceptors (Lipinski definition) is 2. The first kappa shape index (κ1) is 13.4. The van der Waals surface area contributed by atoms with E-state index < -0.39 is 0 Å². The van der Waals surface area contributed by atoms with E-state index in [1.807, 2.05) is 11.7 Å². The van der Waals surface area contributed by atoms with Gasteiger partial charge in [-0.15, -0.1) is 0 Å². The fourth-order valence-corrected chi connectivity index (χ4v) is 2.84. The average molecular weight is 355 g/mol. The van der Waals surface area contributed by atoms with Crippen LogP contribution >= 0.6 is 22.6 Å². The largest absolute Gasteiger partial charge is 0.378 e. The Morgan fingerprint density at radius 3 is 2.50 bits per heavy atom. The lowest BCUT2D eigenvalue weighted by Gasteiger charge is -2.17. The maximum Gasteiger partial charge on any atom is 0.0649 e. The molecule has 0 radical (unpaired) electrons. The van der Waals surface area contributed by atoms with E-state index in [2.05, 4.69) is 78.0 Å². The molecule has 2 rings (SSSR count). The predicted molar refractivity (Wildman–Crippen MR) is 83.9 cm³/mol. The summed E-state index contributed by atoms with van der Waals surface area (Å²) in [4.78, 5) is 0. The third-order valence-electron chi connectivity index (χ3n) is 3.24. The van der Waals surface area contributed by atoms with Crippen molar-refractivity contribution in [3.63, 3.8) is 0 Å². The highest BCUT2D eigenvalue weighted by Crippen LogP contribution is 2.26. The van der Waals surface area contributed by atoms with E-state index in [0.29, 0.717) is 0 Å². The molecule has 96 valence electrons. The minimum atomic E-state index is 0.259. The molecule has 3 nitrogen and oxygen atoms in total. The Bertz CT molecular complexity index is 560. The van der Waals surface area contributed by atoms with Gasteiger partial charge in [-0.3, -0.25) is 4.68 Å². The van der Waals surface area contributed by atoms with E-state index in [4.69, 9.17) is 0 Å². The van der Waals surface area contributed by atoms with Gasteiger partial charge in [0.15, 0.2) is 0 Å². The summed E-state index contributed by atoms with van der Waals surface area (Å²) in [5.41, 5.74) is 4.78. The number of aryl methyl sites for hydroxylation is 2. The van der Waals surface area contributed by atoms with Gasteiger partial charge >= 0.3 is 0 Å². The molecule has 0 aliphatic rings. The van der Waals surface area contributed by atoms with Crippen LogP contribution in [0.2, 0.25) is 0 Å². The van der Waals surface area contributed by atoms with Crippen molar-refractivity contribution in [1.29, 1.82) is 0 Å². The van der Waals surface area contributed by atoms with Gasteiger partial charge in [0.25, 0.3) is 0 Å². The van der Waals surface area contributed by atoms with Crippen LogP contribution in [-0.2, 0) is 7.05 Å². The quantitative estimate of drug-likeness (QED) is 0.849. The van der Waals surface area contributed by atoms with E-state index in [-0.39, 0.29) is 6.04 Å². The van der Waals surface area contributed by atoms with Crippen molar-refractivity contribution < 1.29 is 0 Å². The van der Waals surface area contributed by atoms with Crippen LogP contribution in [0.4, 0.5) is 5.69 Å². The molecule has 2 aromatic rings. The van der Waals surface area contributed by atoms with Crippen LogP contribution in [-0.4, -0.2) is 9.78 Å². The van der Waals surface area contributed by atoms with Crippen molar-refractivity contribution in [2.24, 2.45) is 7.05 Å². The van der Waals surface area contributed by atoms with Crippen LogP contribution in [0.25, 0.3) is 0 Å². The third-order valence-corrected chi connectivity index (χ3v) is 4.18. The summed E-state index contributed by atoms with van der Waals surface area (Å²) in [6.07, 6.45) is 0. The molecule has 1 N–H and O–H groups in total. The Kier molecular flexibility index (Phi) is 3.94. The molecule has 1 atom stereocenters. The second-order valence-electron chi connectivity index (χ2n) is 4.55. The van der Waals surface area contributed by atoms with Crippen LogP contribution in [0.15, 0.2) is 24.3 Å². The van der Waals surface area contributed by atoms with Gasteiger partial charge in [0.1, 0.15) is 0 Å². The summed E-state index contributed by atoms with van der Waals surface area (Å²) < 4.78 is 3.18. The Balaban J connectivity index is 2.28. The molecule has 0 amide bonds. The molecule has 0 saturated heterocycles. The molecule has 0 aliphatic heterocycles. The van der Waals surface area contributed by atoms with Crippen LogP contribution < -0.4 is 5.32 Å². The van der Waals surface area contributed by atoms with Crippen LogP contribution in [0.1, 0.15) is 29.9 Å². The molecule has 0 aliphatic carbocycles. The number of para-hydroxylation sites is 1. The van der Waals surface area contributed by atoms with Crippen molar-refractivity contribution in [3.05, 3.63) is 44.8 Å². The highest BCUT2D eigenvalue weighted by atomic mass is 127. The number of benzene rings is 1. The Labute approximate surface area is 122 Å². The summed E-state index contributed by atoms with van der Waals surface area (Å²) >= 11 is 2.35. The van der Waals surface area contributed by atoms with Gasteiger partial charge < -0.3 is 5.32 Å². The van der Waals surface area contributed by atoms with Crippen LogP contribution in [0, 0.1) is 17.4 Å². The molecule has 0 spiro atoms. The zero-order valence-corrected chi connectivity index (χ0v) is 13.3. The highest BCUT2D eigenvalue weighted by molar-refractivity contribution is 14.1. The first-order valence-corrected chi connectivity index (χ1v) is 7.09. The first-order valence-electron chi connectivity index (χ1n) is 6.02. The van der Waals surface area contributed by atoms with Crippen molar-refractivity contribution in [2.75, 3.05) is 5.32 Å². The molecule has 0 bridgehead atoms. The van der Waals surface area contributed by atoms with Crippen molar-refractivity contribution in [2.45, 2.75) is 26.8 Å². The summed E-state index contributed by atoms with van der Waals surface area (Å²) in [6, 6.07) is 8.59. The Morgan fingerprint density at radius 2 is 1.94 bits per heavy atom. The zero-order valence-electron chi connectivity index (χ0n) is 11.2. The number of rotatable bonds is 3. The fraction of sp³-hybridized carbons (Fsp3) is 0.357. The lowest BCUT2D eigenvalue weighted by Crippen LogP contribution is -2.09. The molecule has 1 unspecified atom stereocenters. The zero-order chi connectivity index (χ0) is 13.3. The van der Waals surface area contributed by atoms with Gasteiger partial charge in [-0.25, -0.2) is 0 Å². The molecular formula is C14H18IN3. The highest BCUT2D eigenvalue weighted by Gasteiger charge is 2.16. The van der Waals surface area contributed by atoms with Gasteiger partial charge in [-0.1, -0.05) is 12.1 Å². The second-order valence-corrected chi connectivity index (χ2v) is 5.72. The topological polar surface area (TPSA) is 29.9 Å². The van der Waals surface area contributed by atoms with Crippen molar-refractivity contribution in [3.8, 4) is 0 Å². The smallest absolute Gasteiger partial charge is 0.0649 e. The average Bonchev–Trinajstić information content (AvgIpc) is 2.56. The van der Waals surface area contributed by atoms with Crippen LogP contribution in [0.5, 0.6) is 0 Å². The minimum Gasteiger partial charge on any atom is -0.378 e. The third kappa shape index (κ3) is 2.53. The molecule has 0 saturated carbocycles. The van der Waals surface area contributed by atoms with Gasteiger partial charge in [-0.05, 0) is 55.5 Å². The Hall–Kier alpha value is -1.04. The number of aromatic nitrogens is 2. The number of nitrogens with zero attached hydrogens (tertiary/aromatic N) is 2. The monoisotopic (exact) mass is 355 g/mol. The lowest BCUT2D eigenvalue weighted by atomic mass is 10.1. The summed E-state index contributed by atoms with van der Waals surface area (Å²) in [7, 11) is 1.99. The standard InChI is InChI=1S/C14H18IN3/c1-9(14-10(2)17-18(4)11(14)3)16-13-8-6-5-7-12(13)15/h5-9,16H,1-4H3. The normalized spacial score (nSPS) is 12.5. The van der Waals surface area contributed by atoms with Gasteiger partial charge in [0.2, 0.25) is 0 Å². The number of hydrogen-bond donors (Lipinski definition) is 1. The molecule has 18 heavy (non-hydrogen) atoms. The number of nitrogens with one attached hydrogen (secondary N) is 1. The first-order chi connectivity index (χ1) is 8.50. The van der Waals surface area contributed by atoms with E-state index >= 15 is 0 Å². The molecule has 0 fully saturated rings. The number of anilines is 1. The van der Waals surface area contributed by atoms with Crippen molar-refractivity contribution in [1.82, 2.24) is 9.78 Å². The maximum atomic E-state index is 4.47. The van der Waals surface area contributed by atoms with E-state index in [9.17, 15) is 0 Å². The van der Waals surface area contributed by atoms with E-state index in [0.717, 1.165) is 5.69 Å². The Morgan fingerprint density at radius 1 is 1.28 bits per heavy atom. The SMILES string of the molecule is Cc1nn(C)c(C)c1C(C)Nc1ccccc1I. The lowest BCUT2D eigenvalue weighted by molar-refractivity contribution is 0.728.